The molecule has 6 nitrogen and oxygen atoms in total. The van der Waals surface area contributed by atoms with Crippen molar-refractivity contribution in [1.29, 1.82) is 0 Å². The van der Waals surface area contributed by atoms with Crippen LogP contribution in [0.2, 0.25) is 0 Å². The smallest absolute Gasteiger partial charge is 0.191 e. The van der Waals surface area contributed by atoms with E-state index >= 15 is 0 Å². The van der Waals surface area contributed by atoms with E-state index in [2.05, 4.69) is 33.6 Å². The van der Waals surface area contributed by atoms with Gasteiger partial charge in [0.1, 0.15) is 12.1 Å². The fourth-order valence-electron chi connectivity index (χ4n) is 3.64. The number of hydrogen-bond donors (Lipinski definition) is 2. The molecule has 0 saturated heterocycles. The maximum absolute atomic E-state index is 4.70. The summed E-state index contributed by atoms with van der Waals surface area (Å²) >= 11 is 0. The van der Waals surface area contributed by atoms with Crippen molar-refractivity contribution in [3.63, 3.8) is 0 Å². The standard InChI is InChI=1S/C21H32N6/c1-2-23-21(24-12-6-9-18-7-4-3-5-8-18)26-16-19-10-11-20(25-15-19)27-14-13-22-17-27/h10-11,13-15,17-18H,2-9,12,16H2,1H3,(H2,23,24,26). The Morgan fingerprint density at radius 2 is 2.11 bits per heavy atom. The largest absolute Gasteiger partial charge is 0.357 e. The van der Waals surface area contributed by atoms with Crippen LogP contribution in [0, 0.1) is 5.92 Å². The fraction of sp³-hybridized carbons (Fsp3) is 0.571. The number of rotatable bonds is 8. The number of guanidine groups is 1. The van der Waals surface area contributed by atoms with Crippen LogP contribution in [0.5, 0.6) is 0 Å². The normalized spacial score (nSPS) is 15.7. The number of aliphatic imine (C=N–C) groups is 1. The summed E-state index contributed by atoms with van der Waals surface area (Å²) in [6.07, 6.45) is 17.0. The second kappa shape index (κ2) is 10.7. The molecule has 0 aromatic carbocycles. The van der Waals surface area contributed by atoms with Crippen molar-refractivity contribution >= 4 is 5.96 Å². The van der Waals surface area contributed by atoms with Gasteiger partial charge in [-0.05, 0) is 37.3 Å². The third-order valence-corrected chi connectivity index (χ3v) is 5.15. The molecule has 1 aliphatic carbocycles. The van der Waals surface area contributed by atoms with Gasteiger partial charge in [0, 0.05) is 31.7 Å². The maximum atomic E-state index is 4.70. The van der Waals surface area contributed by atoms with Gasteiger partial charge in [-0.2, -0.15) is 0 Å². The summed E-state index contributed by atoms with van der Waals surface area (Å²) in [5.74, 6) is 2.70. The molecule has 2 aromatic heterocycles. The van der Waals surface area contributed by atoms with Gasteiger partial charge in [0.05, 0.1) is 6.54 Å². The number of hydrogen-bond acceptors (Lipinski definition) is 3. The van der Waals surface area contributed by atoms with Crippen molar-refractivity contribution in [3.05, 3.63) is 42.6 Å². The Bertz CT molecular complexity index is 671. The summed E-state index contributed by atoms with van der Waals surface area (Å²) in [5.41, 5.74) is 1.10. The Kier molecular flexibility index (Phi) is 7.69. The Morgan fingerprint density at radius 3 is 2.81 bits per heavy atom. The number of imidazole rings is 1. The van der Waals surface area contributed by atoms with E-state index in [1.54, 1.807) is 12.5 Å². The van der Waals surface area contributed by atoms with Crippen molar-refractivity contribution < 1.29 is 0 Å². The highest BCUT2D eigenvalue weighted by atomic mass is 15.2. The molecule has 1 saturated carbocycles. The van der Waals surface area contributed by atoms with E-state index in [0.29, 0.717) is 6.54 Å². The van der Waals surface area contributed by atoms with Crippen LogP contribution < -0.4 is 10.6 Å². The molecule has 0 unspecified atom stereocenters. The van der Waals surface area contributed by atoms with E-state index in [9.17, 15) is 0 Å². The molecule has 0 aliphatic heterocycles. The highest BCUT2D eigenvalue weighted by molar-refractivity contribution is 5.79. The van der Waals surface area contributed by atoms with E-state index in [-0.39, 0.29) is 0 Å². The molecule has 6 heteroatoms. The molecule has 2 heterocycles. The zero-order valence-corrected chi connectivity index (χ0v) is 16.4. The third kappa shape index (κ3) is 6.38. The maximum Gasteiger partial charge on any atom is 0.191 e. The molecular formula is C21H32N6. The zero-order valence-electron chi connectivity index (χ0n) is 16.4. The predicted octanol–water partition coefficient (Wildman–Crippen LogP) is 3.68. The number of nitrogens with zero attached hydrogens (tertiary/aromatic N) is 4. The van der Waals surface area contributed by atoms with Gasteiger partial charge in [-0.3, -0.25) is 4.57 Å². The fourth-order valence-corrected chi connectivity index (χ4v) is 3.64. The molecule has 3 rings (SSSR count). The molecule has 27 heavy (non-hydrogen) atoms. The van der Waals surface area contributed by atoms with Crippen molar-refractivity contribution in [2.24, 2.45) is 10.9 Å². The third-order valence-electron chi connectivity index (χ3n) is 5.15. The molecule has 0 radical (unpaired) electrons. The molecule has 1 fully saturated rings. The lowest BCUT2D eigenvalue weighted by Crippen LogP contribution is -2.37. The highest BCUT2D eigenvalue weighted by Gasteiger charge is 2.12. The van der Waals surface area contributed by atoms with Crippen LogP contribution >= 0.6 is 0 Å². The van der Waals surface area contributed by atoms with E-state index in [4.69, 9.17) is 4.99 Å². The molecular weight excluding hydrogens is 336 g/mol. The lowest BCUT2D eigenvalue weighted by atomic mass is 9.86. The Hall–Kier alpha value is -2.37. The first kappa shape index (κ1) is 19.4. The summed E-state index contributed by atoms with van der Waals surface area (Å²) in [5, 5.41) is 6.80. The average molecular weight is 369 g/mol. The predicted molar refractivity (Wildman–Crippen MR) is 110 cm³/mol. The van der Waals surface area contributed by atoms with Gasteiger partial charge in [0.25, 0.3) is 0 Å². The number of nitrogens with one attached hydrogen (secondary N) is 2. The van der Waals surface area contributed by atoms with Gasteiger partial charge >= 0.3 is 0 Å². The van der Waals surface area contributed by atoms with Crippen LogP contribution in [0.1, 0.15) is 57.4 Å². The molecule has 0 atom stereocenters. The highest BCUT2D eigenvalue weighted by Crippen LogP contribution is 2.26. The SMILES string of the molecule is CCNC(=NCc1ccc(-n2ccnc2)nc1)NCCCC1CCCCC1. The Balaban J connectivity index is 1.45. The molecule has 1 aliphatic rings. The second-order valence-electron chi connectivity index (χ2n) is 7.26. The summed E-state index contributed by atoms with van der Waals surface area (Å²) < 4.78 is 1.89. The molecule has 0 bridgehead atoms. The van der Waals surface area contributed by atoms with E-state index < -0.39 is 0 Å². The topological polar surface area (TPSA) is 67.1 Å². The molecule has 0 spiro atoms. The first-order valence-electron chi connectivity index (χ1n) is 10.3. The van der Waals surface area contributed by atoms with E-state index in [0.717, 1.165) is 36.3 Å². The van der Waals surface area contributed by atoms with Crippen LogP contribution in [0.15, 0.2) is 42.0 Å². The summed E-state index contributed by atoms with van der Waals surface area (Å²) in [6.45, 7) is 4.57. The van der Waals surface area contributed by atoms with Crippen molar-refractivity contribution in [2.45, 2.75) is 58.4 Å². The minimum absolute atomic E-state index is 0.620. The van der Waals surface area contributed by atoms with Crippen LogP contribution in [0.3, 0.4) is 0 Å². The van der Waals surface area contributed by atoms with Crippen molar-refractivity contribution in [3.8, 4) is 5.82 Å². The van der Waals surface area contributed by atoms with Gasteiger partial charge in [-0.1, -0.05) is 38.2 Å². The number of aromatic nitrogens is 3. The monoisotopic (exact) mass is 368 g/mol. The van der Waals surface area contributed by atoms with Crippen LogP contribution in [0.4, 0.5) is 0 Å². The molecule has 2 aromatic rings. The summed E-state index contributed by atoms with van der Waals surface area (Å²) in [7, 11) is 0. The van der Waals surface area contributed by atoms with Crippen LogP contribution in [0.25, 0.3) is 5.82 Å². The lowest BCUT2D eigenvalue weighted by molar-refractivity contribution is 0.332. The van der Waals surface area contributed by atoms with E-state index in [1.165, 1.54) is 44.9 Å². The minimum Gasteiger partial charge on any atom is -0.357 e. The molecule has 146 valence electrons. The quantitative estimate of drug-likeness (QED) is 0.424. The Morgan fingerprint density at radius 1 is 1.22 bits per heavy atom. The summed E-state index contributed by atoms with van der Waals surface area (Å²) in [4.78, 5) is 13.2. The Labute approximate surface area is 162 Å². The second-order valence-corrected chi connectivity index (χ2v) is 7.26. The first-order valence-corrected chi connectivity index (χ1v) is 10.3. The van der Waals surface area contributed by atoms with Crippen LogP contribution in [-0.2, 0) is 6.54 Å². The number of pyridine rings is 1. The van der Waals surface area contributed by atoms with Gasteiger partial charge in [-0.15, -0.1) is 0 Å². The lowest BCUT2D eigenvalue weighted by Gasteiger charge is -2.21. The first-order chi connectivity index (χ1) is 13.3. The molecule has 2 N–H and O–H groups in total. The van der Waals surface area contributed by atoms with Gasteiger partial charge < -0.3 is 10.6 Å². The average Bonchev–Trinajstić information content (AvgIpc) is 3.25. The van der Waals surface area contributed by atoms with E-state index in [1.807, 2.05) is 23.0 Å². The van der Waals surface area contributed by atoms with Gasteiger partial charge in [0.15, 0.2) is 5.96 Å². The van der Waals surface area contributed by atoms with Crippen LogP contribution in [-0.4, -0.2) is 33.6 Å². The zero-order chi connectivity index (χ0) is 18.7. The van der Waals surface area contributed by atoms with Crippen molar-refractivity contribution in [2.75, 3.05) is 13.1 Å². The molecule has 0 amide bonds. The summed E-state index contributed by atoms with van der Waals surface area (Å²) in [6, 6.07) is 4.07. The van der Waals surface area contributed by atoms with Gasteiger partial charge in [0.2, 0.25) is 0 Å². The van der Waals surface area contributed by atoms with Gasteiger partial charge in [-0.25, -0.2) is 15.0 Å². The minimum atomic E-state index is 0.620. The van der Waals surface area contributed by atoms with Crippen molar-refractivity contribution in [1.82, 2.24) is 25.2 Å².